The summed E-state index contributed by atoms with van der Waals surface area (Å²) in [6.45, 7) is 4.29. The van der Waals surface area contributed by atoms with Crippen LogP contribution in [0.3, 0.4) is 0 Å². The van der Waals surface area contributed by atoms with Crippen molar-refractivity contribution in [3.05, 3.63) is 51.8 Å². The maximum Gasteiger partial charge on any atom is 0.261 e. The number of aliphatic hydroxyl groups excluding tert-OH is 1. The minimum atomic E-state index is -0.768. The molecule has 1 aliphatic carbocycles. The van der Waals surface area contributed by atoms with E-state index in [4.69, 9.17) is 16.6 Å². The molecule has 2 N–H and O–H groups in total. The Bertz CT molecular complexity index is 1300. The van der Waals surface area contributed by atoms with E-state index in [9.17, 15) is 9.90 Å². The van der Waals surface area contributed by atoms with Gasteiger partial charge in [-0.15, -0.1) is 16.1 Å². The van der Waals surface area contributed by atoms with Crippen LogP contribution in [0.25, 0.3) is 16.9 Å². The Morgan fingerprint density at radius 1 is 1.29 bits per heavy atom. The van der Waals surface area contributed by atoms with Crippen LogP contribution in [-0.2, 0) is 6.42 Å². The molecule has 0 aromatic carbocycles. The lowest BCUT2D eigenvalue weighted by molar-refractivity contribution is 0.0403. The number of carbonyl (C=O) groups is 1. The van der Waals surface area contributed by atoms with Gasteiger partial charge in [0, 0.05) is 12.5 Å². The number of thiophene rings is 1. The highest BCUT2D eigenvalue weighted by molar-refractivity contribution is 7.18. The number of aromatic nitrogens is 6. The number of hydrogen-bond acceptors (Lipinski definition) is 7. The van der Waals surface area contributed by atoms with Crippen LogP contribution in [-0.4, -0.2) is 52.7 Å². The van der Waals surface area contributed by atoms with Crippen LogP contribution in [0.1, 0.15) is 54.6 Å². The first-order chi connectivity index (χ1) is 16.4. The number of carbonyl (C=O) groups excluding carboxylic acids is 1. The minimum Gasteiger partial charge on any atom is -0.389 e. The second-order valence-electron chi connectivity index (χ2n) is 9.02. The molecule has 1 aliphatic rings. The third kappa shape index (κ3) is 4.45. The first-order valence-electron chi connectivity index (χ1n) is 11.4. The SMILES string of the molecule is CC(C)Cc1nc2cnc(-n3nccn3)cc2n1[C@H]1CCC[C@@H](NC(=O)c2ccc(Cl)s2)[C@@H]1O. The number of pyridine rings is 1. The smallest absolute Gasteiger partial charge is 0.261 e. The molecule has 1 saturated carbocycles. The lowest BCUT2D eigenvalue weighted by Crippen LogP contribution is -2.49. The van der Waals surface area contributed by atoms with Crippen LogP contribution in [0.2, 0.25) is 4.34 Å². The monoisotopic (exact) mass is 499 g/mol. The Morgan fingerprint density at radius 2 is 2.09 bits per heavy atom. The number of amides is 1. The van der Waals surface area contributed by atoms with E-state index in [0.29, 0.717) is 27.4 Å². The van der Waals surface area contributed by atoms with Crippen molar-refractivity contribution in [1.29, 1.82) is 0 Å². The van der Waals surface area contributed by atoms with Gasteiger partial charge in [-0.3, -0.25) is 4.79 Å². The van der Waals surface area contributed by atoms with Gasteiger partial charge in [0.2, 0.25) is 0 Å². The number of nitrogens with zero attached hydrogens (tertiary/aromatic N) is 6. The molecule has 0 unspecified atom stereocenters. The topological polar surface area (TPSA) is 111 Å². The Morgan fingerprint density at radius 3 is 2.79 bits per heavy atom. The van der Waals surface area contributed by atoms with Crippen LogP contribution in [0, 0.1) is 5.92 Å². The van der Waals surface area contributed by atoms with Crippen molar-refractivity contribution in [2.24, 2.45) is 5.92 Å². The van der Waals surface area contributed by atoms with E-state index in [1.807, 2.05) is 6.07 Å². The third-order valence-corrected chi connectivity index (χ3v) is 7.35. The summed E-state index contributed by atoms with van der Waals surface area (Å²) in [5, 5.41) is 22.8. The Kier molecular flexibility index (Phi) is 6.37. The maximum absolute atomic E-state index is 12.8. The van der Waals surface area contributed by atoms with E-state index in [1.54, 1.807) is 30.7 Å². The molecule has 0 spiro atoms. The highest BCUT2D eigenvalue weighted by Crippen LogP contribution is 2.34. The Labute approximate surface area is 205 Å². The van der Waals surface area contributed by atoms with Gasteiger partial charge in [-0.2, -0.15) is 10.2 Å². The summed E-state index contributed by atoms with van der Waals surface area (Å²) >= 11 is 7.22. The van der Waals surface area contributed by atoms with Crippen molar-refractivity contribution in [1.82, 2.24) is 34.8 Å². The third-order valence-electron chi connectivity index (χ3n) is 6.12. The molecule has 4 aromatic heterocycles. The lowest BCUT2D eigenvalue weighted by atomic mass is 9.87. The van der Waals surface area contributed by atoms with E-state index in [1.165, 1.54) is 16.1 Å². The Hall–Kier alpha value is -2.82. The molecule has 1 amide bonds. The van der Waals surface area contributed by atoms with Crippen molar-refractivity contribution in [3.63, 3.8) is 0 Å². The van der Waals surface area contributed by atoms with Gasteiger partial charge in [0.05, 0.1) is 51.5 Å². The number of halogens is 1. The van der Waals surface area contributed by atoms with Gasteiger partial charge >= 0.3 is 0 Å². The van der Waals surface area contributed by atoms with E-state index < -0.39 is 6.10 Å². The lowest BCUT2D eigenvalue weighted by Gasteiger charge is -2.37. The standard InChI is InChI=1S/C23H26ClN7O2S/c1-13(2)10-21-28-15-12-25-20(31-26-8-9-27-31)11-17(15)30(21)16-5-3-4-14(22(16)32)29-23(33)18-6-7-19(24)34-18/h6-9,11-14,16,22,32H,3-5,10H2,1-2H3,(H,29,33)/t14-,16+,22+/m1/s1. The molecule has 178 valence electrons. The van der Waals surface area contributed by atoms with Gasteiger partial charge in [0.1, 0.15) is 11.3 Å². The zero-order chi connectivity index (χ0) is 23.8. The molecular weight excluding hydrogens is 474 g/mol. The van der Waals surface area contributed by atoms with Gasteiger partial charge in [0.15, 0.2) is 5.82 Å². The number of rotatable bonds is 6. The second kappa shape index (κ2) is 9.44. The summed E-state index contributed by atoms with van der Waals surface area (Å²) in [5.74, 6) is 1.66. The maximum atomic E-state index is 12.8. The van der Waals surface area contributed by atoms with Crippen LogP contribution < -0.4 is 5.32 Å². The fraction of sp³-hybridized carbons (Fsp3) is 0.435. The van der Waals surface area contributed by atoms with E-state index in [2.05, 4.69) is 38.9 Å². The minimum absolute atomic E-state index is 0.212. The summed E-state index contributed by atoms with van der Waals surface area (Å²) in [6.07, 6.45) is 7.29. The average molecular weight is 500 g/mol. The summed E-state index contributed by atoms with van der Waals surface area (Å²) in [7, 11) is 0. The molecule has 4 heterocycles. The largest absolute Gasteiger partial charge is 0.389 e. The van der Waals surface area contributed by atoms with Gasteiger partial charge in [-0.25, -0.2) is 9.97 Å². The highest BCUT2D eigenvalue weighted by atomic mass is 35.5. The number of aliphatic hydroxyl groups is 1. The number of imidazole rings is 1. The molecule has 0 saturated heterocycles. The molecule has 3 atom stereocenters. The molecule has 0 aliphatic heterocycles. The molecule has 9 nitrogen and oxygen atoms in total. The summed E-state index contributed by atoms with van der Waals surface area (Å²) in [5.41, 5.74) is 1.64. The van der Waals surface area contributed by atoms with Gasteiger partial charge in [-0.05, 0) is 37.3 Å². The molecule has 4 aromatic rings. The van der Waals surface area contributed by atoms with Crippen molar-refractivity contribution in [3.8, 4) is 5.82 Å². The van der Waals surface area contributed by atoms with Gasteiger partial charge in [0.25, 0.3) is 5.91 Å². The number of nitrogens with one attached hydrogen (secondary N) is 1. The summed E-state index contributed by atoms with van der Waals surface area (Å²) in [4.78, 5) is 24.1. The predicted molar refractivity (Wildman–Crippen MR) is 130 cm³/mol. The van der Waals surface area contributed by atoms with Crippen LogP contribution >= 0.6 is 22.9 Å². The number of fused-ring (bicyclic) bond motifs is 1. The fourth-order valence-electron chi connectivity index (χ4n) is 4.63. The van der Waals surface area contributed by atoms with Gasteiger partial charge < -0.3 is 15.0 Å². The normalized spacial score (nSPS) is 20.8. The molecule has 11 heteroatoms. The Balaban J connectivity index is 1.50. The van der Waals surface area contributed by atoms with Crippen molar-refractivity contribution >= 4 is 39.9 Å². The van der Waals surface area contributed by atoms with Crippen LogP contribution in [0.5, 0.6) is 0 Å². The zero-order valence-corrected chi connectivity index (χ0v) is 20.5. The molecule has 5 rings (SSSR count). The summed E-state index contributed by atoms with van der Waals surface area (Å²) in [6, 6.07) is 4.72. The first-order valence-corrected chi connectivity index (χ1v) is 12.6. The highest BCUT2D eigenvalue weighted by Gasteiger charge is 2.36. The zero-order valence-electron chi connectivity index (χ0n) is 18.9. The van der Waals surface area contributed by atoms with E-state index in [0.717, 1.165) is 36.1 Å². The van der Waals surface area contributed by atoms with Crippen molar-refractivity contribution in [2.75, 3.05) is 0 Å². The fourth-order valence-corrected chi connectivity index (χ4v) is 5.58. The van der Waals surface area contributed by atoms with Crippen molar-refractivity contribution in [2.45, 2.75) is 57.7 Å². The van der Waals surface area contributed by atoms with E-state index in [-0.39, 0.29) is 18.0 Å². The molecule has 34 heavy (non-hydrogen) atoms. The van der Waals surface area contributed by atoms with E-state index >= 15 is 0 Å². The average Bonchev–Trinajstić information content (AvgIpc) is 3.54. The van der Waals surface area contributed by atoms with Crippen LogP contribution in [0.15, 0.2) is 36.8 Å². The molecular formula is C23H26ClN7O2S. The quantitative estimate of drug-likeness (QED) is 0.417. The summed E-state index contributed by atoms with van der Waals surface area (Å²) < 4.78 is 2.70. The van der Waals surface area contributed by atoms with Crippen LogP contribution in [0.4, 0.5) is 0 Å². The first kappa shape index (κ1) is 22.9. The number of hydrogen-bond donors (Lipinski definition) is 2. The molecule has 0 bridgehead atoms. The second-order valence-corrected chi connectivity index (χ2v) is 10.7. The van der Waals surface area contributed by atoms with Crippen molar-refractivity contribution < 1.29 is 9.90 Å². The predicted octanol–water partition coefficient (Wildman–Crippen LogP) is 3.81. The van der Waals surface area contributed by atoms with Gasteiger partial charge in [-0.1, -0.05) is 25.4 Å². The molecule has 0 radical (unpaired) electrons. The molecule has 1 fully saturated rings.